The molecule has 2 aromatic carbocycles. The quantitative estimate of drug-likeness (QED) is 0.369. The number of morpholine rings is 1. The lowest BCUT2D eigenvalue weighted by molar-refractivity contribution is -0.112. The number of pyridine rings is 1. The molecule has 1 fully saturated rings. The summed E-state index contributed by atoms with van der Waals surface area (Å²) < 4.78 is 18.4. The van der Waals surface area contributed by atoms with Gasteiger partial charge in [-0.15, -0.1) is 0 Å². The van der Waals surface area contributed by atoms with Crippen molar-refractivity contribution < 1.29 is 13.9 Å². The maximum Gasteiger partial charge on any atom is 0.250 e. The van der Waals surface area contributed by atoms with E-state index in [1.165, 1.54) is 6.92 Å². The maximum absolute atomic E-state index is 13.0. The first-order valence-electron chi connectivity index (χ1n) is 11.6. The molecule has 1 aliphatic heterocycles. The van der Waals surface area contributed by atoms with Crippen molar-refractivity contribution in [3.05, 3.63) is 78.9 Å². The lowest BCUT2D eigenvalue weighted by Crippen LogP contribution is -2.36. The van der Waals surface area contributed by atoms with Crippen molar-refractivity contribution in [1.29, 1.82) is 0 Å². The van der Waals surface area contributed by atoms with E-state index in [2.05, 4.69) is 25.5 Å². The number of rotatable bonds is 6. The fraction of sp³-hybridized carbons (Fsp3) is 0.185. The molecule has 0 aliphatic carbocycles. The molecule has 9 heteroatoms. The van der Waals surface area contributed by atoms with Crippen molar-refractivity contribution in [2.75, 3.05) is 41.8 Å². The number of aromatic nitrogens is 3. The highest BCUT2D eigenvalue weighted by molar-refractivity contribution is 6.00. The van der Waals surface area contributed by atoms with Crippen molar-refractivity contribution in [3.8, 4) is 11.1 Å². The number of carbonyl (C=O) groups is 1. The van der Waals surface area contributed by atoms with E-state index in [1.807, 2.05) is 48.5 Å². The average molecular weight is 485 g/mol. The molecule has 0 saturated carbocycles. The Balaban J connectivity index is 1.39. The Labute approximate surface area is 207 Å². The first kappa shape index (κ1) is 23.4. The van der Waals surface area contributed by atoms with Crippen LogP contribution in [0, 0.1) is 0 Å². The van der Waals surface area contributed by atoms with Crippen LogP contribution in [0.2, 0.25) is 0 Å². The number of allylic oxidation sites excluding steroid dienone is 1. The Kier molecular flexibility index (Phi) is 6.81. The standard InChI is InChI=1S/C27H25FN6O2/c1-18(28)14-25(35)31-21-6-2-4-19(15-21)23-7-3-5-20-16-30-27(33-26(20)23)32-22-8-9-24(29-17-22)34-10-12-36-13-11-34/h2-9,14-17H,10-13H2,1H3,(H,31,35)(H,30,32,33). The fourth-order valence-electron chi connectivity index (χ4n) is 4.04. The number of nitrogens with zero attached hydrogens (tertiary/aromatic N) is 4. The van der Waals surface area contributed by atoms with E-state index in [-0.39, 0.29) is 0 Å². The summed E-state index contributed by atoms with van der Waals surface area (Å²) in [7, 11) is 0. The van der Waals surface area contributed by atoms with Gasteiger partial charge in [-0.3, -0.25) is 4.79 Å². The van der Waals surface area contributed by atoms with Gasteiger partial charge in [-0.2, -0.15) is 0 Å². The Morgan fingerprint density at radius 3 is 2.64 bits per heavy atom. The largest absolute Gasteiger partial charge is 0.378 e. The lowest BCUT2D eigenvalue weighted by atomic mass is 10.0. The van der Waals surface area contributed by atoms with Gasteiger partial charge < -0.3 is 20.3 Å². The van der Waals surface area contributed by atoms with Crippen LogP contribution in [0.25, 0.3) is 22.0 Å². The Morgan fingerprint density at radius 1 is 1.03 bits per heavy atom. The summed E-state index contributed by atoms with van der Waals surface area (Å²) in [5.74, 6) is 0.283. The van der Waals surface area contributed by atoms with Crippen LogP contribution in [0.1, 0.15) is 6.92 Å². The van der Waals surface area contributed by atoms with E-state index in [1.54, 1.807) is 18.5 Å². The van der Waals surface area contributed by atoms with Crippen LogP contribution in [0.15, 0.2) is 78.9 Å². The van der Waals surface area contributed by atoms with Crippen molar-refractivity contribution >= 4 is 40.0 Å². The van der Waals surface area contributed by atoms with Crippen LogP contribution < -0.4 is 15.5 Å². The van der Waals surface area contributed by atoms with Crippen molar-refractivity contribution in [1.82, 2.24) is 15.0 Å². The second-order valence-electron chi connectivity index (χ2n) is 8.37. The number of hydrogen-bond acceptors (Lipinski definition) is 7. The van der Waals surface area contributed by atoms with Crippen molar-refractivity contribution in [3.63, 3.8) is 0 Å². The van der Waals surface area contributed by atoms with Gasteiger partial charge in [0, 0.05) is 42.0 Å². The van der Waals surface area contributed by atoms with Gasteiger partial charge in [0.05, 0.1) is 30.6 Å². The summed E-state index contributed by atoms with van der Waals surface area (Å²) in [4.78, 5) is 27.9. The molecule has 8 nitrogen and oxygen atoms in total. The minimum Gasteiger partial charge on any atom is -0.378 e. The van der Waals surface area contributed by atoms with Crippen molar-refractivity contribution in [2.24, 2.45) is 0 Å². The van der Waals surface area contributed by atoms with E-state index in [9.17, 15) is 9.18 Å². The van der Waals surface area contributed by atoms with Gasteiger partial charge >= 0.3 is 0 Å². The van der Waals surface area contributed by atoms with Gasteiger partial charge in [0.2, 0.25) is 5.95 Å². The van der Waals surface area contributed by atoms with Gasteiger partial charge in [-0.25, -0.2) is 19.3 Å². The van der Waals surface area contributed by atoms with Crippen molar-refractivity contribution in [2.45, 2.75) is 6.92 Å². The number of amides is 1. The molecular formula is C27H25FN6O2. The number of ether oxygens (including phenoxy) is 1. The van der Waals surface area contributed by atoms with Gasteiger partial charge in [-0.05, 0) is 36.8 Å². The number of para-hydroxylation sites is 1. The predicted molar refractivity (Wildman–Crippen MR) is 139 cm³/mol. The zero-order chi connectivity index (χ0) is 24.9. The molecule has 0 radical (unpaired) electrons. The summed E-state index contributed by atoms with van der Waals surface area (Å²) in [6, 6.07) is 17.1. The SMILES string of the molecule is CC(F)=CC(=O)Nc1cccc(-c2cccc3cnc(Nc4ccc(N5CCOCC5)nc4)nc23)c1. The molecule has 0 atom stereocenters. The first-order valence-corrected chi connectivity index (χ1v) is 11.6. The second kappa shape index (κ2) is 10.5. The molecule has 182 valence electrons. The molecule has 2 aromatic heterocycles. The van der Waals surface area contributed by atoms with Crippen LogP contribution in [0.5, 0.6) is 0 Å². The first-order chi connectivity index (χ1) is 17.5. The molecule has 5 rings (SSSR count). The van der Waals surface area contributed by atoms with E-state index < -0.39 is 11.7 Å². The Morgan fingerprint density at radius 2 is 1.86 bits per heavy atom. The normalized spacial score (nSPS) is 14.1. The lowest BCUT2D eigenvalue weighted by Gasteiger charge is -2.27. The molecule has 1 aliphatic rings. The molecule has 1 amide bonds. The van der Waals surface area contributed by atoms with Crippen LogP contribution in [0.4, 0.5) is 27.5 Å². The van der Waals surface area contributed by atoms with Gasteiger partial charge in [0.25, 0.3) is 5.91 Å². The van der Waals surface area contributed by atoms with Crippen LogP contribution in [-0.4, -0.2) is 47.2 Å². The number of nitrogens with one attached hydrogen (secondary N) is 2. The second-order valence-corrected chi connectivity index (χ2v) is 8.37. The van der Waals surface area contributed by atoms with Crippen LogP contribution >= 0.6 is 0 Å². The predicted octanol–water partition coefficient (Wildman–Crippen LogP) is 5.08. The number of carbonyl (C=O) groups excluding carboxylic acids is 1. The molecule has 2 N–H and O–H groups in total. The van der Waals surface area contributed by atoms with E-state index in [0.29, 0.717) is 24.8 Å². The molecule has 1 saturated heterocycles. The third kappa shape index (κ3) is 5.47. The number of halogens is 1. The summed E-state index contributed by atoms with van der Waals surface area (Å²) in [5.41, 5.74) is 3.85. The minimum atomic E-state index is -0.555. The molecule has 4 aromatic rings. The third-order valence-electron chi connectivity index (χ3n) is 5.72. The van der Waals surface area contributed by atoms with Gasteiger partial charge in [0.1, 0.15) is 11.6 Å². The number of anilines is 4. The van der Waals surface area contributed by atoms with E-state index in [4.69, 9.17) is 9.72 Å². The zero-order valence-electron chi connectivity index (χ0n) is 19.7. The Hall–Kier alpha value is -4.37. The zero-order valence-corrected chi connectivity index (χ0v) is 19.7. The summed E-state index contributed by atoms with van der Waals surface area (Å²) in [5, 5.41) is 6.80. The fourth-order valence-corrected chi connectivity index (χ4v) is 4.04. The molecule has 0 bridgehead atoms. The molecule has 0 unspecified atom stereocenters. The number of benzene rings is 2. The molecular weight excluding hydrogens is 459 g/mol. The topological polar surface area (TPSA) is 92.3 Å². The number of fused-ring (bicyclic) bond motifs is 1. The molecule has 36 heavy (non-hydrogen) atoms. The van der Waals surface area contributed by atoms with Crippen LogP contribution in [-0.2, 0) is 9.53 Å². The highest BCUT2D eigenvalue weighted by Crippen LogP contribution is 2.30. The summed E-state index contributed by atoms with van der Waals surface area (Å²) in [6.07, 6.45) is 4.45. The van der Waals surface area contributed by atoms with Gasteiger partial charge in [0.15, 0.2) is 0 Å². The number of hydrogen-bond donors (Lipinski definition) is 2. The maximum atomic E-state index is 13.0. The summed E-state index contributed by atoms with van der Waals surface area (Å²) in [6.45, 7) is 4.30. The Bertz CT molecular complexity index is 1410. The third-order valence-corrected chi connectivity index (χ3v) is 5.72. The highest BCUT2D eigenvalue weighted by Gasteiger charge is 2.13. The summed E-state index contributed by atoms with van der Waals surface area (Å²) >= 11 is 0. The van der Waals surface area contributed by atoms with Crippen LogP contribution in [0.3, 0.4) is 0 Å². The monoisotopic (exact) mass is 484 g/mol. The highest BCUT2D eigenvalue weighted by atomic mass is 19.1. The average Bonchev–Trinajstić information content (AvgIpc) is 2.89. The smallest absolute Gasteiger partial charge is 0.250 e. The van der Waals surface area contributed by atoms with E-state index >= 15 is 0 Å². The van der Waals surface area contributed by atoms with E-state index in [0.717, 1.165) is 52.7 Å². The minimum absolute atomic E-state index is 0.448. The van der Waals surface area contributed by atoms with Gasteiger partial charge in [-0.1, -0.05) is 30.3 Å². The molecule has 0 spiro atoms. The molecule has 3 heterocycles.